The molecule has 2 heterocycles. The fourth-order valence-corrected chi connectivity index (χ4v) is 4.50. The number of phenols is 2. The van der Waals surface area contributed by atoms with Gasteiger partial charge in [-0.25, -0.2) is 0 Å². The molecule has 0 spiro atoms. The summed E-state index contributed by atoms with van der Waals surface area (Å²) in [5, 5.41) is 27.1. The van der Waals surface area contributed by atoms with Gasteiger partial charge in [-0.15, -0.1) is 0 Å². The molecule has 4 heteroatoms. The molecule has 6 aromatic rings. The van der Waals surface area contributed by atoms with Crippen molar-refractivity contribution in [3.05, 3.63) is 84.7 Å². The Morgan fingerprint density at radius 2 is 1.39 bits per heavy atom. The van der Waals surface area contributed by atoms with Crippen molar-refractivity contribution in [3.63, 3.8) is 0 Å². The van der Waals surface area contributed by atoms with Crippen LogP contribution in [0.5, 0.6) is 11.5 Å². The van der Waals surface area contributed by atoms with Crippen molar-refractivity contribution in [2.24, 2.45) is 0 Å². The summed E-state index contributed by atoms with van der Waals surface area (Å²) >= 11 is 0. The van der Waals surface area contributed by atoms with Crippen LogP contribution >= 0.6 is 0 Å². The molecule has 31 heavy (non-hydrogen) atoms. The monoisotopic (exact) mass is 402 g/mol. The Morgan fingerprint density at radius 3 is 2.29 bits per heavy atom. The average Bonchev–Trinajstić information content (AvgIpc) is 2.78. The minimum atomic E-state index is 0.196. The summed E-state index contributed by atoms with van der Waals surface area (Å²) in [6, 6.07) is 23.3. The van der Waals surface area contributed by atoms with Gasteiger partial charge in [0.25, 0.3) is 0 Å². The molecule has 0 fully saturated rings. The molecule has 4 aromatic carbocycles. The van der Waals surface area contributed by atoms with E-state index >= 15 is 0 Å². The van der Waals surface area contributed by atoms with Crippen LogP contribution in [0.15, 0.2) is 79.0 Å². The Labute approximate surface area is 178 Å². The number of aryl methyl sites for hydroxylation is 1. The molecule has 148 valence electrons. The van der Waals surface area contributed by atoms with E-state index in [0.717, 1.165) is 43.7 Å². The standard InChI is InChI=1S/C27H18N2O2/c1-15-5-6-18-8-7-17-10-12-21(27(31)24(17)25(18)29-15)19-13-14-28-26-20(19)11-9-16-3-2-4-22(30)23(16)26/h2-14,30-31H,1H3. The van der Waals surface area contributed by atoms with E-state index in [9.17, 15) is 10.2 Å². The number of hydrogen-bond acceptors (Lipinski definition) is 4. The highest BCUT2D eigenvalue weighted by atomic mass is 16.3. The Balaban J connectivity index is 1.73. The molecule has 2 aromatic heterocycles. The quantitative estimate of drug-likeness (QED) is 0.309. The maximum Gasteiger partial charge on any atom is 0.133 e. The number of pyridine rings is 2. The number of phenolic OH excluding ortho intramolecular Hbond substituents is 2. The Bertz CT molecular complexity index is 1670. The predicted molar refractivity (Wildman–Crippen MR) is 126 cm³/mol. The Morgan fingerprint density at radius 1 is 0.645 bits per heavy atom. The number of rotatable bonds is 1. The maximum atomic E-state index is 11.4. The second-order valence-electron chi connectivity index (χ2n) is 7.85. The highest BCUT2D eigenvalue weighted by Gasteiger charge is 2.16. The first kappa shape index (κ1) is 17.7. The molecule has 0 aliphatic heterocycles. The highest BCUT2D eigenvalue weighted by Crippen LogP contribution is 2.42. The van der Waals surface area contributed by atoms with Crippen LogP contribution in [-0.2, 0) is 0 Å². The topological polar surface area (TPSA) is 66.2 Å². The lowest BCUT2D eigenvalue weighted by atomic mass is 9.94. The summed E-state index contributed by atoms with van der Waals surface area (Å²) < 4.78 is 0. The number of nitrogens with zero attached hydrogens (tertiary/aromatic N) is 2. The molecule has 0 aliphatic carbocycles. The van der Waals surface area contributed by atoms with Gasteiger partial charge >= 0.3 is 0 Å². The third-order valence-corrected chi connectivity index (χ3v) is 5.98. The van der Waals surface area contributed by atoms with Gasteiger partial charge in [0.15, 0.2) is 0 Å². The van der Waals surface area contributed by atoms with Crippen LogP contribution in [0.4, 0.5) is 0 Å². The van der Waals surface area contributed by atoms with Gasteiger partial charge in [-0.05, 0) is 47.5 Å². The van der Waals surface area contributed by atoms with Gasteiger partial charge < -0.3 is 10.2 Å². The zero-order valence-electron chi connectivity index (χ0n) is 16.8. The third-order valence-electron chi connectivity index (χ3n) is 5.98. The van der Waals surface area contributed by atoms with E-state index in [-0.39, 0.29) is 11.5 Å². The van der Waals surface area contributed by atoms with Crippen LogP contribution in [0.25, 0.3) is 54.5 Å². The zero-order valence-corrected chi connectivity index (χ0v) is 16.8. The van der Waals surface area contributed by atoms with Crippen LogP contribution in [0.1, 0.15) is 5.69 Å². The van der Waals surface area contributed by atoms with Crippen molar-refractivity contribution in [3.8, 4) is 22.6 Å². The predicted octanol–water partition coefficient (Wildman–Crippen LogP) is 6.48. The zero-order chi connectivity index (χ0) is 21.1. The maximum absolute atomic E-state index is 11.4. The second kappa shape index (κ2) is 6.41. The second-order valence-corrected chi connectivity index (χ2v) is 7.85. The number of fused-ring (bicyclic) bond motifs is 6. The molecule has 0 bridgehead atoms. The molecule has 0 amide bonds. The normalized spacial score (nSPS) is 11.6. The number of aromatic nitrogens is 2. The van der Waals surface area contributed by atoms with Crippen molar-refractivity contribution in [2.45, 2.75) is 6.92 Å². The highest BCUT2D eigenvalue weighted by molar-refractivity contribution is 6.15. The molecule has 0 radical (unpaired) electrons. The summed E-state index contributed by atoms with van der Waals surface area (Å²) in [4.78, 5) is 9.26. The Hall–Kier alpha value is -4.18. The van der Waals surface area contributed by atoms with Crippen molar-refractivity contribution in [1.29, 1.82) is 0 Å². The van der Waals surface area contributed by atoms with Crippen LogP contribution < -0.4 is 0 Å². The van der Waals surface area contributed by atoms with Crippen molar-refractivity contribution in [2.75, 3.05) is 0 Å². The first-order valence-electron chi connectivity index (χ1n) is 10.1. The fraction of sp³-hybridized carbons (Fsp3) is 0.0370. The molecule has 2 N–H and O–H groups in total. The lowest BCUT2D eigenvalue weighted by Crippen LogP contribution is -1.90. The summed E-state index contributed by atoms with van der Waals surface area (Å²) in [5.74, 6) is 0.396. The molecule has 0 aliphatic rings. The van der Waals surface area contributed by atoms with Crippen molar-refractivity contribution < 1.29 is 10.2 Å². The van der Waals surface area contributed by atoms with Gasteiger partial charge in [0.05, 0.1) is 16.4 Å². The number of benzene rings is 4. The minimum absolute atomic E-state index is 0.196. The van der Waals surface area contributed by atoms with Crippen LogP contribution in [0.2, 0.25) is 0 Å². The summed E-state index contributed by atoms with van der Waals surface area (Å²) in [7, 11) is 0. The minimum Gasteiger partial charge on any atom is -0.507 e. The van der Waals surface area contributed by atoms with Crippen LogP contribution in [0, 0.1) is 6.92 Å². The van der Waals surface area contributed by atoms with Crippen molar-refractivity contribution in [1.82, 2.24) is 9.97 Å². The molecule has 4 nitrogen and oxygen atoms in total. The molecular formula is C27H18N2O2. The van der Waals surface area contributed by atoms with Crippen LogP contribution in [-0.4, -0.2) is 20.2 Å². The van der Waals surface area contributed by atoms with E-state index < -0.39 is 0 Å². The van der Waals surface area contributed by atoms with Gasteiger partial charge in [-0.2, -0.15) is 0 Å². The van der Waals surface area contributed by atoms with Gasteiger partial charge in [0.1, 0.15) is 11.5 Å². The molecule has 0 atom stereocenters. The van der Waals surface area contributed by atoms with Gasteiger partial charge in [-0.3, -0.25) is 9.97 Å². The Kier molecular flexibility index (Phi) is 3.65. The average molecular weight is 402 g/mol. The largest absolute Gasteiger partial charge is 0.507 e. The van der Waals surface area contributed by atoms with E-state index in [0.29, 0.717) is 16.5 Å². The third kappa shape index (κ3) is 2.55. The SMILES string of the molecule is Cc1ccc2ccc3ccc(-c4ccnc5c4ccc4cccc(O)c45)c(O)c3c2n1. The first-order chi connectivity index (χ1) is 15.1. The van der Waals surface area contributed by atoms with E-state index in [1.807, 2.05) is 73.7 Å². The van der Waals surface area contributed by atoms with E-state index in [1.54, 1.807) is 12.3 Å². The van der Waals surface area contributed by atoms with Gasteiger partial charge in [0.2, 0.25) is 0 Å². The summed E-state index contributed by atoms with van der Waals surface area (Å²) in [6.45, 7) is 1.95. The number of aromatic hydroxyl groups is 2. The first-order valence-corrected chi connectivity index (χ1v) is 10.1. The van der Waals surface area contributed by atoms with Crippen LogP contribution in [0.3, 0.4) is 0 Å². The molecule has 0 unspecified atom stereocenters. The molecule has 6 rings (SSSR count). The molecular weight excluding hydrogens is 384 g/mol. The van der Waals surface area contributed by atoms with Gasteiger partial charge in [-0.1, -0.05) is 48.5 Å². The molecule has 0 saturated carbocycles. The fourth-order valence-electron chi connectivity index (χ4n) is 4.50. The van der Waals surface area contributed by atoms with Gasteiger partial charge in [0, 0.05) is 33.6 Å². The van der Waals surface area contributed by atoms with Crippen molar-refractivity contribution >= 4 is 43.4 Å². The molecule has 0 saturated heterocycles. The van der Waals surface area contributed by atoms with E-state index in [1.165, 1.54) is 0 Å². The lowest BCUT2D eigenvalue weighted by molar-refractivity contribution is 0.482. The van der Waals surface area contributed by atoms with E-state index in [4.69, 9.17) is 4.98 Å². The lowest BCUT2D eigenvalue weighted by Gasteiger charge is -2.13. The summed E-state index contributed by atoms with van der Waals surface area (Å²) in [5.41, 5.74) is 3.98. The smallest absolute Gasteiger partial charge is 0.133 e. The summed E-state index contributed by atoms with van der Waals surface area (Å²) in [6.07, 6.45) is 1.72. The van der Waals surface area contributed by atoms with E-state index in [2.05, 4.69) is 4.98 Å². The number of hydrogen-bond donors (Lipinski definition) is 2.